The molecule has 0 amide bonds. The zero-order chi connectivity index (χ0) is 37.6. The first-order valence-corrected chi connectivity index (χ1v) is 10.7. The summed E-state index contributed by atoms with van der Waals surface area (Å²) < 4.78 is 156. The zero-order valence-corrected chi connectivity index (χ0v) is 17.8. The van der Waals surface area contributed by atoms with Crippen LogP contribution in [0.4, 0.5) is 0 Å². The van der Waals surface area contributed by atoms with E-state index in [4.69, 9.17) is 36.3 Å². The highest BCUT2D eigenvalue weighted by atomic mass is 35.5. The van der Waals surface area contributed by atoms with Gasteiger partial charge < -0.3 is 4.57 Å². The number of rotatable bonds is 2. The van der Waals surface area contributed by atoms with Crippen molar-refractivity contribution in [3.8, 4) is 16.8 Å². The molecule has 0 aliphatic heterocycles. The maximum absolute atomic E-state index is 9.16. The van der Waals surface area contributed by atoms with Crippen molar-refractivity contribution in [2.75, 3.05) is 0 Å². The minimum Gasteiger partial charge on any atom is -0.309 e. The van der Waals surface area contributed by atoms with Crippen LogP contribution in [0.1, 0.15) is 24.7 Å². The molecule has 2 aromatic heterocycles. The van der Waals surface area contributed by atoms with E-state index in [9.17, 15) is 0 Å². The normalized spacial score (nSPS) is 19.4. The number of nitrogens with zero attached hydrogens (tertiary/aromatic N) is 1. The molecule has 0 atom stereocenters. The Morgan fingerprint density at radius 2 is 1.24 bits per heavy atom. The third-order valence-electron chi connectivity index (χ3n) is 5.20. The van der Waals surface area contributed by atoms with E-state index in [-0.39, 0.29) is 41.5 Å². The van der Waals surface area contributed by atoms with Gasteiger partial charge in [-0.3, -0.25) is 0 Å². The summed E-state index contributed by atoms with van der Waals surface area (Å²) in [5, 5.41) is -1.09. The van der Waals surface area contributed by atoms with E-state index in [0.29, 0.717) is 0 Å². The maximum Gasteiger partial charge on any atom is 0.0645 e. The summed E-state index contributed by atoms with van der Waals surface area (Å²) in [6.07, 6.45) is 0. The fourth-order valence-electron chi connectivity index (χ4n) is 3.81. The van der Waals surface area contributed by atoms with Crippen LogP contribution in [0.3, 0.4) is 0 Å². The average Bonchev–Trinajstić information content (AvgIpc) is 3.67. The molecule has 0 unspecified atom stereocenters. The molecule has 0 saturated heterocycles. The number of hydrogen-bond acceptors (Lipinski definition) is 1. The monoisotopic (exact) mass is 477 g/mol. The van der Waals surface area contributed by atoms with Gasteiger partial charge in [0.05, 0.1) is 35.7 Å². The van der Waals surface area contributed by atoms with E-state index in [1.54, 1.807) is 0 Å². The van der Waals surface area contributed by atoms with Crippen LogP contribution in [-0.4, -0.2) is 4.57 Å². The molecule has 2 heterocycles. The summed E-state index contributed by atoms with van der Waals surface area (Å²) in [4.78, 5) is 0. The van der Waals surface area contributed by atoms with Crippen LogP contribution in [-0.2, 0) is 0 Å². The van der Waals surface area contributed by atoms with E-state index < -0.39 is 131 Å². The van der Waals surface area contributed by atoms with E-state index in [1.165, 1.54) is 0 Å². The van der Waals surface area contributed by atoms with Gasteiger partial charge in [-0.05, 0) is 47.4 Å². The van der Waals surface area contributed by atoms with Gasteiger partial charge in [-0.1, -0.05) is 84.1 Å². The van der Waals surface area contributed by atoms with Gasteiger partial charge in [0.25, 0.3) is 0 Å². The summed E-state index contributed by atoms with van der Waals surface area (Å²) >= 11 is 7.30. The fraction of sp³-hybridized carbons (Fsp3) is 0. The Balaban J connectivity index is 1.70. The van der Waals surface area contributed by atoms with Crippen molar-refractivity contribution in [3.05, 3.63) is 114 Å². The topological polar surface area (TPSA) is 4.93 Å². The molecule has 0 N–H and O–H groups in total. The van der Waals surface area contributed by atoms with Crippen LogP contribution in [0.15, 0.2) is 109 Å². The summed E-state index contributed by atoms with van der Waals surface area (Å²) in [7, 11) is 0. The van der Waals surface area contributed by atoms with Crippen molar-refractivity contribution in [3.63, 3.8) is 0 Å². The Morgan fingerprint density at radius 1 is 0.636 bits per heavy atom. The molecule has 0 radical (unpaired) electrons. The van der Waals surface area contributed by atoms with Crippen molar-refractivity contribution < 1.29 is 24.7 Å². The van der Waals surface area contributed by atoms with Crippen LogP contribution < -0.4 is 0 Å². The lowest BCUT2D eigenvalue weighted by atomic mass is 10.0. The van der Waals surface area contributed by atoms with Gasteiger partial charge in [0, 0.05) is 41.7 Å². The molecule has 0 aliphatic rings. The lowest BCUT2D eigenvalue weighted by molar-refractivity contribution is 1.18. The number of halogens is 1. The van der Waals surface area contributed by atoms with E-state index in [0.717, 1.165) is 15.9 Å². The van der Waals surface area contributed by atoms with Gasteiger partial charge in [0.15, 0.2) is 0 Å². The van der Waals surface area contributed by atoms with E-state index >= 15 is 0 Å². The van der Waals surface area contributed by atoms with Crippen LogP contribution in [0, 0.1) is 0 Å². The molecule has 156 valence electrons. The first kappa shape index (κ1) is 8.32. The van der Waals surface area contributed by atoms with Gasteiger partial charge >= 0.3 is 0 Å². The second-order valence-electron chi connectivity index (χ2n) is 6.96. The Bertz CT molecular complexity index is 2700. The lowest BCUT2D eigenvalue weighted by Gasteiger charge is -2.10. The Labute approximate surface area is 225 Å². The first-order chi connectivity index (χ1) is 23.8. The summed E-state index contributed by atoms with van der Waals surface area (Å²) in [6, 6.07) is -12.2. The van der Waals surface area contributed by atoms with Crippen molar-refractivity contribution in [1.82, 2.24) is 4.57 Å². The molecular formula is C30H18ClNS. The van der Waals surface area contributed by atoms with Gasteiger partial charge in [-0.25, -0.2) is 0 Å². The van der Waals surface area contributed by atoms with Gasteiger partial charge in [-0.2, -0.15) is 0 Å². The third-order valence-corrected chi connectivity index (χ3v) is 6.60. The molecule has 7 rings (SSSR count). The second-order valence-corrected chi connectivity index (χ2v) is 8.35. The third kappa shape index (κ3) is 2.78. The molecule has 5 aromatic carbocycles. The minimum absolute atomic E-state index is 0.00311. The van der Waals surface area contributed by atoms with Crippen molar-refractivity contribution >= 4 is 64.9 Å². The minimum atomic E-state index is -0.830. The number of fused-ring (bicyclic) bond motifs is 6. The summed E-state index contributed by atoms with van der Waals surface area (Å²) in [5.74, 6) is 0. The molecule has 7 aromatic rings. The van der Waals surface area contributed by atoms with Gasteiger partial charge in [0.2, 0.25) is 0 Å². The largest absolute Gasteiger partial charge is 0.309 e. The number of thiophene rings is 1. The van der Waals surface area contributed by atoms with Gasteiger partial charge in [0.1, 0.15) is 0 Å². The maximum atomic E-state index is 9.16. The highest BCUT2D eigenvalue weighted by molar-refractivity contribution is 7.26. The van der Waals surface area contributed by atoms with E-state index in [1.807, 2.05) is 0 Å². The number of aromatic nitrogens is 1. The predicted molar refractivity (Wildman–Crippen MR) is 144 cm³/mol. The Kier molecular flexibility index (Phi) is 1.82. The molecule has 0 bridgehead atoms. The van der Waals surface area contributed by atoms with Crippen molar-refractivity contribution in [2.45, 2.75) is 0 Å². The lowest BCUT2D eigenvalue weighted by Crippen LogP contribution is -1.93. The summed E-state index contributed by atoms with van der Waals surface area (Å²) in [6.45, 7) is 0. The number of para-hydroxylation sites is 2. The predicted octanol–water partition coefficient (Wildman–Crippen LogP) is 9.47. The number of benzene rings is 5. The Morgan fingerprint density at radius 3 is 1.94 bits per heavy atom. The molecular weight excluding hydrogens is 442 g/mol. The highest BCUT2D eigenvalue weighted by Gasteiger charge is 2.15. The van der Waals surface area contributed by atoms with E-state index in [2.05, 4.69) is 0 Å². The van der Waals surface area contributed by atoms with Crippen LogP contribution in [0.25, 0.3) is 58.8 Å². The molecule has 33 heavy (non-hydrogen) atoms. The molecule has 0 aliphatic carbocycles. The van der Waals surface area contributed by atoms with Crippen molar-refractivity contribution in [2.24, 2.45) is 0 Å². The zero-order valence-electron chi connectivity index (χ0n) is 34.2. The number of hydrogen-bond donors (Lipinski definition) is 0. The first-order valence-electron chi connectivity index (χ1n) is 18.5. The van der Waals surface area contributed by atoms with Crippen LogP contribution >= 0.6 is 22.9 Å². The smallest absolute Gasteiger partial charge is 0.0645 e. The van der Waals surface area contributed by atoms with Crippen molar-refractivity contribution in [1.29, 1.82) is 0 Å². The van der Waals surface area contributed by atoms with Gasteiger partial charge in [-0.15, -0.1) is 11.3 Å². The molecule has 0 saturated carbocycles. The standard InChI is InChI=1S/C30H18ClNS/c31-25-18-17-21(30-29(25)24-9-3-6-12-28(24)33-30)19-13-15-20(16-14-19)32-26-10-4-1-7-22(26)23-8-2-5-11-27(23)32/h1-18H/i1D,2D,3D,4D,5D,6D,7D,8D,9D,10D,11D,12D,13D,14D,15D,16D,17D,18D. The average molecular weight is 478 g/mol. The fourth-order valence-corrected chi connectivity index (χ4v) is 5.22. The van der Waals surface area contributed by atoms with Crippen LogP contribution in [0.5, 0.6) is 0 Å². The molecule has 3 heteroatoms. The Hall–Kier alpha value is -3.59. The second kappa shape index (κ2) is 7.21. The molecule has 0 spiro atoms. The molecule has 1 nitrogen and oxygen atoms in total. The van der Waals surface area contributed by atoms with Crippen LogP contribution in [0.2, 0.25) is 5.02 Å². The SMILES string of the molecule is [2H]c1c([2H])c(-n2c3c([2H])c([2H])c([2H])c([2H])c3c3c([2H])c([2H])c([2H])c([2H])c32)c([2H])c([2H])c1-c1c([2H])c([2H])c(Cl)c2c1sc1c([2H])c([2H])c([2H])c([2H])c12. The molecule has 0 fully saturated rings. The highest BCUT2D eigenvalue weighted by Crippen LogP contribution is 2.43. The summed E-state index contributed by atoms with van der Waals surface area (Å²) in [5.41, 5.74) is -2.28. The quantitative estimate of drug-likeness (QED) is 0.233.